The third-order valence-corrected chi connectivity index (χ3v) is 5.98. The number of ether oxygens (including phenoxy) is 1. The van der Waals surface area contributed by atoms with Gasteiger partial charge in [0.1, 0.15) is 0 Å². The van der Waals surface area contributed by atoms with E-state index < -0.39 is 24.7 Å². The third-order valence-electron chi connectivity index (χ3n) is 3.82. The molecule has 1 unspecified atom stereocenters. The molecule has 0 aliphatic heterocycles. The third kappa shape index (κ3) is 5.27. The topological polar surface area (TPSA) is 63.8 Å². The van der Waals surface area contributed by atoms with Gasteiger partial charge < -0.3 is 14.2 Å². The molecule has 0 saturated heterocycles. The Bertz CT molecular complexity index is 969. The summed E-state index contributed by atoms with van der Waals surface area (Å²) in [5, 5.41) is 9.92. The van der Waals surface area contributed by atoms with Crippen molar-refractivity contribution in [2.24, 2.45) is 0 Å². The van der Waals surface area contributed by atoms with E-state index in [-0.39, 0.29) is 6.42 Å². The van der Waals surface area contributed by atoms with Crippen molar-refractivity contribution in [2.75, 3.05) is 6.61 Å². The number of carbonyl (C=O) groups is 1. The highest BCUT2D eigenvalue weighted by molar-refractivity contribution is 8.01. The highest BCUT2D eigenvalue weighted by atomic mass is 32.2. The van der Waals surface area contributed by atoms with Gasteiger partial charge in [-0.2, -0.15) is 13.2 Å². The van der Waals surface area contributed by atoms with Crippen LogP contribution in [0.5, 0.6) is 0 Å². The summed E-state index contributed by atoms with van der Waals surface area (Å²) in [5.41, 5.74) is 1.25. The van der Waals surface area contributed by atoms with Crippen molar-refractivity contribution in [1.29, 1.82) is 0 Å². The van der Waals surface area contributed by atoms with Gasteiger partial charge in [0.15, 0.2) is 4.34 Å². The number of aromatic nitrogens is 2. The molecule has 0 aliphatic carbocycles. The zero-order chi connectivity index (χ0) is 20.3. The number of aliphatic hydroxyl groups excluding tert-OH is 1. The summed E-state index contributed by atoms with van der Waals surface area (Å²) in [7, 11) is 0. The van der Waals surface area contributed by atoms with Gasteiger partial charge in [-0.15, -0.1) is 11.3 Å². The molecular formula is C18H17F3N2O3S2. The summed E-state index contributed by atoms with van der Waals surface area (Å²) >= 11 is 2.50. The van der Waals surface area contributed by atoms with Gasteiger partial charge in [-0.3, -0.25) is 0 Å². The lowest BCUT2D eigenvalue weighted by molar-refractivity contribution is -0.140. The van der Waals surface area contributed by atoms with Gasteiger partial charge in [0.05, 0.1) is 23.2 Å². The molecule has 150 valence electrons. The molecule has 0 radical (unpaired) electrons. The lowest BCUT2D eigenvalue weighted by Crippen LogP contribution is -2.09. The van der Waals surface area contributed by atoms with Crippen molar-refractivity contribution >= 4 is 34.6 Å². The van der Waals surface area contributed by atoms with Gasteiger partial charge in [0.25, 0.3) is 0 Å². The SMILES string of the molecule is CCOC(=O)c1cc2cc(Sc3ncc(C(O)CCC(F)(F)F)s3)ccn2c1. The van der Waals surface area contributed by atoms with Crippen molar-refractivity contribution in [1.82, 2.24) is 9.38 Å². The van der Waals surface area contributed by atoms with Crippen LogP contribution in [-0.4, -0.2) is 33.2 Å². The Hall–Kier alpha value is -2.04. The maximum atomic E-state index is 12.3. The molecule has 0 fully saturated rings. The van der Waals surface area contributed by atoms with E-state index >= 15 is 0 Å². The molecule has 0 amide bonds. The highest BCUT2D eigenvalue weighted by Crippen LogP contribution is 2.36. The number of nitrogens with zero attached hydrogens (tertiary/aromatic N) is 2. The number of rotatable bonds is 7. The Kier molecular flexibility index (Phi) is 6.31. The molecular weight excluding hydrogens is 413 g/mol. The van der Waals surface area contributed by atoms with Gasteiger partial charge in [-0.1, -0.05) is 11.8 Å². The van der Waals surface area contributed by atoms with E-state index in [0.29, 0.717) is 21.4 Å². The van der Waals surface area contributed by atoms with Gasteiger partial charge in [-0.05, 0) is 31.5 Å². The van der Waals surface area contributed by atoms with Crippen LogP contribution < -0.4 is 0 Å². The smallest absolute Gasteiger partial charge is 0.389 e. The number of carbonyl (C=O) groups excluding carboxylic acids is 1. The second kappa shape index (κ2) is 8.54. The lowest BCUT2D eigenvalue weighted by atomic mass is 10.2. The molecule has 3 heterocycles. The van der Waals surface area contributed by atoms with Crippen LogP contribution in [0.3, 0.4) is 0 Å². The van der Waals surface area contributed by atoms with E-state index in [1.54, 1.807) is 29.8 Å². The minimum atomic E-state index is -4.29. The van der Waals surface area contributed by atoms with Crippen molar-refractivity contribution in [3.05, 3.63) is 47.2 Å². The second-order valence-electron chi connectivity index (χ2n) is 5.94. The van der Waals surface area contributed by atoms with E-state index in [2.05, 4.69) is 4.98 Å². The van der Waals surface area contributed by atoms with E-state index in [0.717, 1.165) is 21.7 Å². The lowest BCUT2D eigenvalue weighted by Gasteiger charge is -2.09. The van der Waals surface area contributed by atoms with E-state index in [1.807, 2.05) is 12.1 Å². The van der Waals surface area contributed by atoms with Gasteiger partial charge in [0.2, 0.25) is 0 Å². The largest absolute Gasteiger partial charge is 0.462 e. The Labute approximate surface area is 167 Å². The average Bonchev–Trinajstić information content (AvgIpc) is 3.26. The van der Waals surface area contributed by atoms with Crippen molar-refractivity contribution in [3.63, 3.8) is 0 Å². The molecule has 0 saturated carbocycles. The summed E-state index contributed by atoms with van der Waals surface area (Å²) < 4.78 is 44.3. The second-order valence-corrected chi connectivity index (χ2v) is 8.33. The van der Waals surface area contributed by atoms with Crippen LogP contribution in [0.2, 0.25) is 0 Å². The first-order valence-electron chi connectivity index (χ1n) is 8.42. The van der Waals surface area contributed by atoms with E-state index in [1.165, 1.54) is 18.0 Å². The highest BCUT2D eigenvalue weighted by Gasteiger charge is 2.28. The number of fused-ring (bicyclic) bond motifs is 1. The number of halogens is 3. The summed E-state index contributed by atoms with van der Waals surface area (Å²) in [6, 6.07) is 5.43. The molecule has 3 aromatic heterocycles. The summed E-state index contributed by atoms with van der Waals surface area (Å²) in [6.07, 6.45) is -2.02. The zero-order valence-corrected chi connectivity index (χ0v) is 16.4. The molecule has 0 spiro atoms. The van der Waals surface area contributed by atoms with Gasteiger partial charge in [-0.25, -0.2) is 9.78 Å². The summed E-state index contributed by atoms with van der Waals surface area (Å²) in [5.74, 6) is -0.391. The van der Waals surface area contributed by atoms with E-state index in [9.17, 15) is 23.1 Å². The van der Waals surface area contributed by atoms with Crippen LogP contribution in [0.15, 0.2) is 46.0 Å². The minimum Gasteiger partial charge on any atom is -0.462 e. The number of aliphatic hydroxyl groups is 1. The Morgan fingerprint density at radius 3 is 2.93 bits per heavy atom. The van der Waals surface area contributed by atoms with Crippen molar-refractivity contribution in [3.8, 4) is 0 Å². The van der Waals surface area contributed by atoms with Crippen LogP contribution in [0.25, 0.3) is 5.52 Å². The van der Waals surface area contributed by atoms with E-state index in [4.69, 9.17) is 4.74 Å². The van der Waals surface area contributed by atoms with Crippen LogP contribution in [0.1, 0.15) is 41.1 Å². The number of hydrogen-bond acceptors (Lipinski definition) is 6. The Morgan fingerprint density at radius 2 is 2.21 bits per heavy atom. The number of thiazole rings is 1. The fourth-order valence-corrected chi connectivity index (χ4v) is 4.52. The van der Waals surface area contributed by atoms with Crippen LogP contribution in [0.4, 0.5) is 13.2 Å². The number of alkyl halides is 3. The number of pyridine rings is 1. The fraction of sp³-hybridized carbons (Fsp3) is 0.333. The fourth-order valence-electron chi connectivity index (χ4n) is 2.49. The number of hydrogen-bond donors (Lipinski definition) is 1. The molecule has 3 aromatic rings. The molecule has 0 aliphatic rings. The average molecular weight is 430 g/mol. The quantitative estimate of drug-likeness (QED) is 0.529. The maximum absolute atomic E-state index is 12.3. The van der Waals surface area contributed by atoms with Gasteiger partial charge in [0, 0.05) is 35.4 Å². The number of esters is 1. The zero-order valence-electron chi connectivity index (χ0n) is 14.8. The first kappa shape index (κ1) is 20.7. The summed E-state index contributed by atoms with van der Waals surface area (Å²) in [4.78, 5) is 17.3. The van der Waals surface area contributed by atoms with Crippen molar-refractivity contribution < 1.29 is 27.8 Å². The maximum Gasteiger partial charge on any atom is 0.389 e. The molecule has 0 aromatic carbocycles. The van der Waals surface area contributed by atoms with Crippen molar-refractivity contribution in [2.45, 2.75) is 41.3 Å². The minimum absolute atomic E-state index is 0.299. The Balaban J connectivity index is 1.69. The predicted octanol–water partition coefficient (Wildman–Crippen LogP) is 5.10. The first-order valence-corrected chi connectivity index (χ1v) is 10.1. The van der Waals surface area contributed by atoms with Gasteiger partial charge >= 0.3 is 12.1 Å². The standard InChI is InChI=1S/C18H17F3N2O3S2/c1-2-26-16(25)11-7-12-8-13(4-6-23(12)10-11)27-17-22-9-15(28-17)14(24)3-5-18(19,20)21/h4,6-10,14,24H,2-3,5H2,1H3. The molecule has 5 nitrogen and oxygen atoms in total. The Morgan fingerprint density at radius 1 is 1.43 bits per heavy atom. The monoisotopic (exact) mass is 430 g/mol. The molecule has 1 N–H and O–H groups in total. The normalized spacial score (nSPS) is 13.0. The molecule has 0 bridgehead atoms. The molecule has 3 rings (SSSR count). The predicted molar refractivity (Wildman–Crippen MR) is 99.8 cm³/mol. The molecule has 28 heavy (non-hydrogen) atoms. The van der Waals surface area contributed by atoms with Crippen LogP contribution in [-0.2, 0) is 4.74 Å². The molecule has 10 heteroatoms. The summed E-state index contributed by atoms with van der Waals surface area (Å²) in [6.45, 7) is 2.04. The van der Waals surface area contributed by atoms with Crippen LogP contribution in [0, 0.1) is 0 Å². The first-order chi connectivity index (χ1) is 13.2. The van der Waals surface area contributed by atoms with Crippen LogP contribution >= 0.6 is 23.1 Å². The molecule has 1 atom stereocenters.